The molecule has 0 aromatic rings. The van der Waals surface area contributed by atoms with Gasteiger partial charge in [-0.15, -0.1) is 0 Å². The molecule has 16 heavy (non-hydrogen) atoms. The van der Waals surface area contributed by atoms with Crippen LogP contribution in [0.5, 0.6) is 0 Å². The molecule has 3 nitrogen and oxygen atoms in total. The molecule has 0 spiro atoms. The predicted molar refractivity (Wildman–Crippen MR) is 67.2 cm³/mol. The van der Waals surface area contributed by atoms with E-state index in [1.54, 1.807) is 6.92 Å². The van der Waals surface area contributed by atoms with E-state index >= 15 is 0 Å². The Labute approximate surface area is 99.6 Å². The van der Waals surface area contributed by atoms with E-state index in [9.17, 15) is 9.90 Å². The van der Waals surface area contributed by atoms with Crippen LogP contribution in [0.1, 0.15) is 53.9 Å². The molecule has 0 aliphatic carbocycles. The van der Waals surface area contributed by atoms with Crippen molar-refractivity contribution in [2.75, 3.05) is 6.54 Å². The lowest BCUT2D eigenvalue weighted by molar-refractivity contribution is -0.121. The standard InChI is InChI=1S/C13H27NO2/c1-10(8-11(2)15)9-14-12(16)6-7-13(3,4)5/h10-11,15H,6-9H2,1-5H3,(H,14,16). The van der Waals surface area contributed by atoms with E-state index in [1.807, 2.05) is 6.92 Å². The van der Waals surface area contributed by atoms with Crippen molar-refractivity contribution in [1.29, 1.82) is 0 Å². The van der Waals surface area contributed by atoms with Gasteiger partial charge in [0.05, 0.1) is 6.10 Å². The summed E-state index contributed by atoms with van der Waals surface area (Å²) in [6, 6.07) is 0. The smallest absolute Gasteiger partial charge is 0.220 e. The Morgan fingerprint density at radius 1 is 1.31 bits per heavy atom. The van der Waals surface area contributed by atoms with Gasteiger partial charge in [-0.3, -0.25) is 4.79 Å². The van der Waals surface area contributed by atoms with Crippen LogP contribution < -0.4 is 5.32 Å². The van der Waals surface area contributed by atoms with Gasteiger partial charge in [0, 0.05) is 13.0 Å². The van der Waals surface area contributed by atoms with Crippen LogP contribution in [0.15, 0.2) is 0 Å². The summed E-state index contributed by atoms with van der Waals surface area (Å²) in [5.74, 6) is 0.450. The highest BCUT2D eigenvalue weighted by atomic mass is 16.3. The quantitative estimate of drug-likeness (QED) is 0.734. The van der Waals surface area contributed by atoms with Crippen LogP contribution in [-0.4, -0.2) is 23.7 Å². The SMILES string of the molecule is CC(O)CC(C)CNC(=O)CCC(C)(C)C. The van der Waals surface area contributed by atoms with Crippen molar-refractivity contribution in [3.05, 3.63) is 0 Å². The van der Waals surface area contributed by atoms with Gasteiger partial charge in [-0.25, -0.2) is 0 Å². The zero-order chi connectivity index (χ0) is 12.8. The minimum Gasteiger partial charge on any atom is -0.393 e. The number of aliphatic hydroxyl groups excluding tert-OH is 1. The normalized spacial score (nSPS) is 15.6. The Hall–Kier alpha value is -0.570. The van der Waals surface area contributed by atoms with Crippen LogP contribution in [0, 0.1) is 11.3 Å². The summed E-state index contributed by atoms with van der Waals surface area (Å²) >= 11 is 0. The van der Waals surface area contributed by atoms with Crippen molar-refractivity contribution in [2.45, 2.75) is 60.0 Å². The van der Waals surface area contributed by atoms with Gasteiger partial charge in [-0.1, -0.05) is 27.7 Å². The first-order valence-corrected chi connectivity index (χ1v) is 6.15. The van der Waals surface area contributed by atoms with E-state index < -0.39 is 0 Å². The van der Waals surface area contributed by atoms with E-state index in [2.05, 4.69) is 26.1 Å². The third kappa shape index (κ3) is 9.97. The number of carbonyl (C=O) groups is 1. The largest absolute Gasteiger partial charge is 0.393 e. The molecule has 0 radical (unpaired) electrons. The van der Waals surface area contributed by atoms with Gasteiger partial charge < -0.3 is 10.4 Å². The number of aliphatic hydroxyl groups is 1. The molecule has 0 saturated heterocycles. The van der Waals surface area contributed by atoms with Gasteiger partial charge in [0.2, 0.25) is 5.91 Å². The molecule has 3 heteroatoms. The summed E-state index contributed by atoms with van der Waals surface area (Å²) in [5.41, 5.74) is 0.211. The molecule has 0 heterocycles. The summed E-state index contributed by atoms with van der Waals surface area (Å²) in [6.45, 7) is 10.9. The van der Waals surface area contributed by atoms with Crippen molar-refractivity contribution < 1.29 is 9.90 Å². The molecule has 0 aliphatic heterocycles. The molecular weight excluding hydrogens is 202 g/mol. The van der Waals surface area contributed by atoms with E-state index in [4.69, 9.17) is 0 Å². The molecule has 0 saturated carbocycles. The number of rotatable bonds is 6. The average molecular weight is 229 g/mol. The first-order valence-electron chi connectivity index (χ1n) is 6.15. The van der Waals surface area contributed by atoms with Crippen molar-refractivity contribution in [3.8, 4) is 0 Å². The van der Waals surface area contributed by atoms with Crippen LogP contribution in [-0.2, 0) is 4.79 Å². The van der Waals surface area contributed by atoms with Gasteiger partial charge >= 0.3 is 0 Å². The fourth-order valence-corrected chi connectivity index (χ4v) is 1.53. The minimum absolute atomic E-state index is 0.118. The summed E-state index contributed by atoms with van der Waals surface area (Å²) in [7, 11) is 0. The second kappa shape index (κ2) is 6.89. The van der Waals surface area contributed by atoms with Crippen LogP contribution in [0.25, 0.3) is 0 Å². The van der Waals surface area contributed by atoms with E-state index in [0.29, 0.717) is 18.9 Å². The lowest BCUT2D eigenvalue weighted by atomic mass is 9.90. The zero-order valence-electron chi connectivity index (χ0n) is 11.3. The third-order valence-electron chi connectivity index (χ3n) is 2.49. The number of nitrogens with one attached hydrogen (secondary N) is 1. The molecule has 0 rings (SSSR count). The zero-order valence-corrected chi connectivity index (χ0v) is 11.3. The fourth-order valence-electron chi connectivity index (χ4n) is 1.53. The molecule has 0 fully saturated rings. The van der Waals surface area contributed by atoms with E-state index in [0.717, 1.165) is 12.8 Å². The molecule has 1 amide bonds. The molecule has 0 aliphatic rings. The summed E-state index contributed by atoms with van der Waals surface area (Å²) in [5, 5.41) is 12.1. The Morgan fingerprint density at radius 2 is 1.88 bits per heavy atom. The second-order valence-corrected chi connectivity index (χ2v) is 6.05. The number of hydrogen-bond acceptors (Lipinski definition) is 2. The maximum atomic E-state index is 11.5. The third-order valence-corrected chi connectivity index (χ3v) is 2.49. The lowest BCUT2D eigenvalue weighted by Crippen LogP contribution is -2.30. The minimum atomic E-state index is -0.290. The summed E-state index contributed by atoms with van der Waals surface area (Å²) < 4.78 is 0. The van der Waals surface area contributed by atoms with Gasteiger partial charge in [-0.2, -0.15) is 0 Å². The number of carbonyl (C=O) groups excluding carboxylic acids is 1. The lowest BCUT2D eigenvalue weighted by Gasteiger charge is -2.18. The Morgan fingerprint density at radius 3 is 2.31 bits per heavy atom. The van der Waals surface area contributed by atoms with Crippen LogP contribution in [0.3, 0.4) is 0 Å². The monoisotopic (exact) mass is 229 g/mol. The predicted octanol–water partition coefficient (Wildman–Crippen LogP) is 2.34. The van der Waals surface area contributed by atoms with Gasteiger partial charge in [0.25, 0.3) is 0 Å². The maximum absolute atomic E-state index is 11.5. The van der Waals surface area contributed by atoms with Crippen molar-refractivity contribution >= 4 is 5.91 Å². The Kier molecular flexibility index (Phi) is 6.65. The number of hydrogen-bond donors (Lipinski definition) is 2. The molecule has 2 N–H and O–H groups in total. The molecule has 2 atom stereocenters. The van der Waals surface area contributed by atoms with Crippen molar-refractivity contribution in [3.63, 3.8) is 0 Å². The van der Waals surface area contributed by atoms with Gasteiger partial charge in [0.15, 0.2) is 0 Å². The van der Waals surface area contributed by atoms with Gasteiger partial charge in [0.1, 0.15) is 0 Å². The van der Waals surface area contributed by atoms with Crippen LogP contribution in [0.4, 0.5) is 0 Å². The van der Waals surface area contributed by atoms with Gasteiger partial charge in [-0.05, 0) is 31.1 Å². The molecular formula is C13H27NO2. The van der Waals surface area contributed by atoms with E-state index in [1.165, 1.54) is 0 Å². The van der Waals surface area contributed by atoms with Crippen LogP contribution in [0.2, 0.25) is 0 Å². The Balaban J connectivity index is 3.65. The van der Waals surface area contributed by atoms with Crippen molar-refractivity contribution in [1.82, 2.24) is 5.32 Å². The summed E-state index contributed by atoms with van der Waals surface area (Å²) in [4.78, 5) is 11.5. The molecule has 0 aromatic heterocycles. The second-order valence-electron chi connectivity index (χ2n) is 6.05. The Bertz CT molecular complexity index is 206. The first kappa shape index (κ1) is 15.4. The fraction of sp³-hybridized carbons (Fsp3) is 0.923. The number of amides is 1. The molecule has 96 valence electrons. The molecule has 0 aromatic carbocycles. The highest BCUT2D eigenvalue weighted by Crippen LogP contribution is 2.20. The highest BCUT2D eigenvalue weighted by Gasteiger charge is 2.13. The topological polar surface area (TPSA) is 49.3 Å². The molecule has 2 unspecified atom stereocenters. The highest BCUT2D eigenvalue weighted by molar-refractivity contribution is 5.75. The summed E-state index contributed by atoms with van der Waals surface area (Å²) in [6.07, 6.45) is 1.94. The maximum Gasteiger partial charge on any atom is 0.220 e. The van der Waals surface area contributed by atoms with E-state index in [-0.39, 0.29) is 17.4 Å². The van der Waals surface area contributed by atoms with Crippen molar-refractivity contribution in [2.24, 2.45) is 11.3 Å². The molecule has 0 bridgehead atoms. The average Bonchev–Trinajstić information content (AvgIpc) is 2.09. The first-order chi connectivity index (χ1) is 7.20. The van der Waals surface area contributed by atoms with Crippen LogP contribution >= 0.6 is 0 Å².